The molecule has 0 saturated carbocycles. The number of ether oxygens (including phenoxy) is 1. The summed E-state index contributed by atoms with van der Waals surface area (Å²) in [7, 11) is 1.59. The molecule has 0 radical (unpaired) electrons. The van der Waals surface area contributed by atoms with E-state index in [0.717, 1.165) is 11.3 Å². The summed E-state index contributed by atoms with van der Waals surface area (Å²) < 4.78 is 5.20. The number of methoxy groups -OCH3 is 1. The average molecular weight is 383 g/mol. The third-order valence-electron chi connectivity index (χ3n) is 5.05. The van der Waals surface area contributed by atoms with Gasteiger partial charge in [-0.3, -0.25) is 14.6 Å². The first kappa shape index (κ1) is 19.8. The minimum Gasteiger partial charge on any atom is -0.497 e. The van der Waals surface area contributed by atoms with Crippen LogP contribution < -0.4 is 10.1 Å². The number of piperidine rings is 1. The Hall–Kier alpha value is -2.93. The van der Waals surface area contributed by atoms with Crippen LogP contribution in [0.4, 0.5) is 0 Å². The van der Waals surface area contributed by atoms with Gasteiger partial charge in [0.2, 0.25) is 5.91 Å². The fraction of sp³-hybridized carbons (Fsp3) is 0.381. The minimum atomic E-state index is -0.215. The largest absolute Gasteiger partial charge is 0.497 e. The van der Waals surface area contributed by atoms with Gasteiger partial charge in [-0.15, -0.1) is 0 Å². The zero-order valence-corrected chi connectivity index (χ0v) is 15.9. The van der Waals surface area contributed by atoms with E-state index in [1.165, 1.54) is 6.20 Å². The summed E-state index contributed by atoms with van der Waals surface area (Å²) in [5, 5.41) is 12.8. The summed E-state index contributed by atoms with van der Waals surface area (Å²) in [5.41, 5.74) is 1.37. The number of hydrogen-bond acceptors (Lipinski definition) is 5. The summed E-state index contributed by atoms with van der Waals surface area (Å²) >= 11 is 0. The van der Waals surface area contributed by atoms with Crippen LogP contribution in [0.5, 0.6) is 5.75 Å². The maximum atomic E-state index is 12.7. The van der Waals surface area contributed by atoms with E-state index in [1.54, 1.807) is 30.3 Å². The molecular weight excluding hydrogens is 358 g/mol. The summed E-state index contributed by atoms with van der Waals surface area (Å²) in [6.45, 7) is 0.857. The SMILES string of the molecule is COc1cccc(CC(=O)N2CC[C@@H](NC(=O)c3cccnc3)[C@@H](CO)C2)c1. The Morgan fingerprint density at radius 2 is 2.18 bits per heavy atom. The molecule has 0 bridgehead atoms. The molecule has 28 heavy (non-hydrogen) atoms. The molecule has 1 aromatic heterocycles. The Kier molecular flexibility index (Phi) is 6.60. The van der Waals surface area contributed by atoms with Crippen LogP contribution in [0.2, 0.25) is 0 Å². The zero-order chi connectivity index (χ0) is 19.9. The molecule has 2 atom stereocenters. The Bertz CT molecular complexity index is 812. The van der Waals surface area contributed by atoms with Crippen LogP contribution in [0.3, 0.4) is 0 Å². The Balaban J connectivity index is 1.58. The number of rotatable bonds is 6. The van der Waals surface area contributed by atoms with Crippen LogP contribution in [-0.4, -0.2) is 59.7 Å². The number of amides is 2. The third kappa shape index (κ3) is 4.86. The molecule has 1 fully saturated rings. The van der Waals surface area contributed by atoms with E-state index >= 15 is 0 Å². The highest BCUT2D eigenvalue weighted by molar-refractivity contribution is 5.94. The van der Waals surface area contributed by atoms with E-state index in [-0.39, 0.29) is 36.8 Å². The number of nitrogens with zero attached hydrogens (tertiary/aromatic N) is 2. The smallest absolute Gasteiger partial charge is 0.253 e. The number of carbonyl (C=O) groups is 2. The number of nitrogens with one attached hydrogen (secondary N) is 1. The van der Waals surface area contributed by atoms with Crippen LogP contribution in [0.1, 0.15) is 22.3 Å². The second kappa shape index (κ2) is 9.32. The summed E-state index contributed by atoms with van der Waals surface area (Å²) in [6, 6.07) is 10.7. The lowest BCUT2D eigenvalue weighted by atomic mass is 9.92. The molecule has 3 rings (SSSR count). The molecule has 1 aliphatic rings. The average Bonchev–Trinajstić information content (AvgIpc) is 2.74. The molecule has 2 N–H and O–H groups in total. The van der Waals surface area contributed by atoms with Crippen LogP contribution >= 0.6 is 0 Å². The van der Waals surface area contributed by atoms with E-state index in [2.05, 4.69) is 10.3 Å². The third-order valence-corrected chi connectivity index (χ3v) is 5.05. The van der Waals surface area contributed by atoms with Crippen molar-refractivity contribution in [3.63, 3.8) is 0 Å². The van der Waals surface area contributed by atoms with E-state index < -0.39 is 0 Å². The lowest BCUT2D eigenvalue weighted by Crippen LogP contribution is -2.53. The Morgan fingerprint density at radius 1 is 1.32 bits per heavy atom. The molecule has 148 valence electrons. The van der Waals surface area contributed by atoms with Crippen LogP contribution in [0, 0.1) is 5.92 Å². The van der Waals surface area contributed by atoms with Gasteiger partial charge in [0.15, 0.2) is 0 Å². The minimum absolute atomic E-state index is 0.00346. The van der Waals surface area contributed by atoms with E-state index in [0.29, 0.717) is 25.1 Å². The normalized spacial score (nSPS) is 19.1. The molecule has 7 nitrogen and oxygen atoms in total. The van der Waals surface area contributed by atoms with Crippen molar-refractivity contribution in [1.29, 1.82) is 0 Å². The van der Waals surface area contributed by atoms with Gasteiger partial charge in [0.1, 0.15) is 5.75 Å². The van der Waals surface area contributed by atoms with Crippen molar-refractivity contribution in [3.05, 3.63) is 59.9 Å². The number of likely N-dealkylation sites (tertiary alicyclic amines) is 1. The monoisotopic (exact) mass is 383 g/mol. The van der Waals surface area contributed by atoms with Gasteiger partial charge in [-0.05, 0) is 36.2 Å². The maximum Gasteiger partial charge on any atom is 0.253 e. The zero-order valence-electron chi connectivity index (χ0n) is 15.9. The summed E-state index contributed by atoms with van der Waals surface area (Å²) in [4.78, 5) is 30.8. The molecule has 2 amide bonds. The summed E-state index contributed by atoms with van der Waals surface area (Å²) in [6.07, 6.45) is 4.00. The van der Waals surface area contributed by atoms with E-state index in [4.69, 9.17) is 4.74 Å². The summed E-state index contributed by atoms with van der Waals surface area (Å²) in [5.74, 6) is 0.301. The Labute approximate surface area is 164 Å². The standard InChI is InChI=1S/C21H25N3O4/c1-28-18-6-2-4-15(10-18)11-20(26)24-9-7-19(17(13-24)14-25)23-21(27)16-5-3-8-22-12-16/h2-6,8,10,12,17,19,25H,7,9,11,13-14H2,1H3,(H,23,27)/t17-,19-/m1/s1. The van der Waals surface area contributed by atoms with Crippen LogP contribution in [-0.2, 0) is 11.2 Å². The fourth-order valence-corrected chi connectivity index (χ4v) is 3.45. The number of aliphatic hydroxyl groups is 1. The van der Waals surface area contributed by atoms with Gasteiger partial charge in [0, 0.05) is 44.0 Å². The van der Waals surface area contributed by atoms with Gasteiger partial charge in [-0.2, -0.15) is 0 Å². The van der Waals surface area contributed by atoms with Gasteiger partial charge in [0.25, 0.3) is 5.91 Å². The van der Waals surface area contributed by atoms with E-state index in [1.807, 2.05) is 24.3 Å². The quantitative estimate of drug-likeness (QED) is 0.784. The van der Waals surface area contributed by atoms with Gasteiger partial charge in [-0.1, -0.05) is 12.1 Å². The topological polar surface area (TPSA) is 91.8 Å². The first-order valence-electron chi connectivity index (χ1n) is 9.33. The van der Waals surface area contributed by atoms with Gasteiger partial charge < -0.3 is 20.1 Å². The number of aromatic nitrogens is 1. The van der Waals surface area contributed by atoms with Crippen molar-refractivity contribution < 1.29 is 19.4 Å². The first-order valence-corrected chi connectivity index (χ1v) is 9.33. The Morgan fingerprint density at radius 3 is 2.89 bits per heavy atom. The van der Waals surface area contributed by atoms with Crippen molar-refractivity contribution in [2.75, 3.05) is 26.8 Å². The lowest BCUT2D eigenvalue weighted by Gasteiger charge is -2.38. The van der Waals surface area contributed by atoms with Gasteiger partial charge >= 0.3 is 0 Å². The van der Waals surface area contributed by atoms with Crippen LogP contribution in [0.25, 0.3) is 0 Å². The van der Waals surface area contributed by atoms with Crippen LogP contribution in [0.15, 0.2) is 48.8 Å². The fourth-order valence-electron chi connectivity index (χ4n) is 3.45. The molecule has 0 aliphatic carbocycles. The van der Waals surface area contributed by atoms with Gasteiger partial charge in [-0.25, -0.2) is 0 Å². The van der Waals surface area contributed by atoms with Crippen molar-refractivity contribution in [2.45, 2.75) is 18.9 Å². The molecule has 2 aromatic rings. The predicted octanol–water partition coefficient (Wildman–Crippen LogP) is 1.27. The molecule has 0 spiro atoms. The van der Waals surface area contributed by atoms with Crippen molar-refractivity contribution >= 4 is 11.8 Å². The molecule has 1 aliphatic heterocycles. The van der Waals surface area contributed by atoms with Crippen molar-refractivity contribution in [1.82, 2.24) is 15.2 Å². The van der Waals surface area contributed by atoms with Crippen molar-refractivity contribution in [3.8, 4) is 5.75 Å². The second-order valence-electron chi connectivity index (χ2n) is 6.92. The highest BCUT2D eigenvalue weighted by Crippen LogP contribution is 2.20. The van der Waals surface area contributed by atoms with Crippen molar-refractivity contribution in [2.24, 2.45) is 5.92 Å². The number of carbonyl (C=O) groups excluding carboxylic acids is 2. The highest BCUT2D eigenvalue weighted by Gasteiger charge is 2.32. The molecular formula is C21H25N3O4. The molecule has 2 heterocycles. The number of pyridine rings is 1. The molecule has 0 unspecified atom stereocenters. The number of aliphatic hydroxyl groups excluding tert-OH is 1. The number of hydrogen-bond donors (Lipinski definition) is 2. The number of benzene rings is 1. The molecule has 1 saturated heterocycles. The predicted molar refractivity (Wildman–Crippen MR) is 104 cm³/mol. The first-order chi connectivity index (χ1) is 13.6. The second-order valence-corrected chi connectivity index (χ2v) is 6.92. The lowest BCUT2D eigenvalue weighted by molar-refractivity contribution is -0.132. The maximum absolute atomic E-state index is 12.7. The highest BCUT2D eigenvalue weighted by atomic mass is 16.5. The van der Waals surface area contributed by atoms with E-state index in [9.17, 15) is 14.7 Å². The van der Waals surface area contributed by atoms with Gasteiger partial charge in [0.05, 0.1) is 19.1 Å². The molecule has 1 aromatic carbocycles. The molecule has 7 heteroatoms.